The molecule has 42 heavy (non-hydrogen) atoms. The van der Waals surface area contributed by atoms with E-state index >= 15 is 0 Å². The van der Waals surface area contributed by atoms with Crippen LogP contribution in [0.5, 0.6) is 0 Å². The number of carbonyl (C=O) groups is 3. The van der Waals surface area contributed by atoms with Crippen molar-refractivity contribution in [2.75, 3.05) is 6.61 Å². The Bertz CT molecular complexity index is 1510. The summed E-state index contributed by atoms with van der Waals surface area (Å²) < 4.78 is 12.5. The van der Waals surface area contributed by atoms with E-state index in [4.69, 9.17) is 9.47 Å². The van der Waals surface area contributed by atoms with Crippen molar-refractivity contribution in [3.63, 3.8) is 0 Å². The van der Waals surface area contributed by atoms with Gasteiger partial charge in [-0.05, 0) is 34.7 Å². The number of amides is 2. The summed E-state index contributed by atoms with van der Waals surface area (Å²) in [6, 6.07) is 24.3. The van der Waals surface area contributed by atoms with Crippen LogP contribution in [0.3, 0.4) is 0 Å². The molecule has 0 aliphatic heterocycles. The number of ether oxygens (including phenoxy) is 2. The summed E-state index contributed by atoms with van der Waals surface area (Å²) in [5.74, 6) is -1.84. The zero-order valence-corrected chi connectivity index (χ0v) is 23.0. The van der Waals surface area contributed by atoms with Crippen molar-refractivity contribution >= 4 is 18.0 Å². The van der Waals surface area contributed by atoms with Crippen LogP contribution in [0.4, 0.5) is 4.79 Å². The van der Waals surface area contributed by atoms with Crippen molar-refractivity contribution < 1.29 is 29.0 Å². The van der Waals surface area contributed by atoms with E-state index in [1.165, 1.54) is 10.9 Å². The smallest absolute Gasteiger partial charge is 0.407 e. The number of aliphatic carboxylic acids is 1. The van der Waals surface area contributed by atoms with Gasteiger partial charge in [-0.2, -0.15) is 0 Å². The molecule has 1 aliphatic rings. The topological polar surface area (TPSA) is 145 Å². The van der Waals surface area contributed by atoms with Gasteiger partial charge in [0.05, 0.1) is 25.5 Å². The highest BCUT2D eigenvalue weighted by atomic mass is 16.5. The van der Waals surface area contributed by atoms with Crippen molar-refractivity contribution in [3.05, 3.63) is 107 Å². The first kappa shape index (κ1) is 28.5. The van der Waals surface area contributed by atoms with E-state index in [9.17, 15) is 19.5 Å². The minimum absolute atomic E-state index is 0.0421. The van der Waals surface area contributed by atoms with Crippen molar-refractivity contribution in [1.29, 1.82) is 0 Å². The molecule has 1 aliphatic carbocycles. The largest absolute Gasteiger partial charge is 0.480 e. The van der Waals surface area contributed by atoms with Gasteiger partial charge in [-0.1, -0.05) is 84.1 Å². The average Bonchev–Trinajstić information content (AvgIpc) is 3.58. The third-order valence-electron chi connectivity index (χ3n) is 7.06. The molecule has 5 rings (SSSR count). The molecule has 0 bridgehead atoms. The molecule has 11 heteroatoms. The standard InChI is InChI=1S/C31H31N5O6/c1-20(41-18-21-9-3-2-4-10-21)29(30(38)39)33-28(37)17-36-16-22(34-35-36)15-32-31(40)42-19-27-25-13-7-5-11-23(25)24-12-6-8-14-26(24)27/h2-14,16,20,27,29H,15,17-19H2,1H3,(H,32,40)(H,33,37)(H,38,39). The molecular formula is C31H31N5O6. The fourth-order valence-corrected chi connectivity index (χ4v) is 4.95. The number of carboxylic acid groups (broad SMARTS) is 1. The van der Waals surface area contributed by atoms with Gasteiger partial charge >= 0.3 is 12.1 Å². The highest BCUT2D eigenvalue weighted by molar-refractivity contribution is 5.84. The Kier molecular flexibility index (Phi) is 8.88. The Morgan fingerprint density at radius 2 is 1.60 bits per heavy atom. The number of aromatic nitrogens is 3. The highest BCUT2D eigenvalue weighted by Gasteiger charge is 2.29. The maximum absolute atomic E-state index is 12.6. The molecule has 2 atom stereocenters. The van der Waals surface area contributed by atoms with Crippen molar-refractivity contribution in [1.82, 2.24) is 25.6 Å². The Hall–Kier alpha value is -5.03. The first-order valence-corrected chi connectivity index (χ1v) is 13.5. The molecule has 1 aromatic heterocycles. The Labute approximate surface area is 242 Å². The summed E-state index contributed by atoms with van der Waals surface area (Å²) in [7, 11) is 0. The monoisotopic (exact) mass is 569 g/mol. The van der Waals surface area contributed by atoms with E-state index in [1.807, 2.05) is 66.7 Å². The van der Waals surface area contributed by atoms with Crippen LogP contribution in [0.25, 0.3) is 11.1 Å². The van der Waals surface area contributed by atoms with Gasteiger partial charge in [-0.15, -0.1) is 5.10 Å². The minimum Gasteiger partial charge on any atom is -0.480 e. The maximum Gasteiger partial charge on any atom is 0.407 e. The number of benzene rings is 3. The third-order valence-corrected chi connectivity index (χ3v) is 7.06. The lowest BCUT2D eigenvalue weighted by Crippen LogP contribution is -2.49. The van der Waals surface area contributed by atoms with Crippen LogP contribution < -0.4 is 10.6 Å². The molecular weight excluding hydrogens is 538 g/mol. The predicted molar refractivity (Wildman–Crippen MR) is 152 cm³/mol. The van der Waals surface area contributed by atoms with E-state index in [0.717, 1.165) is 27.8 Å². The Morgan fingerprint density at radius 1 is 0.952 bits per heavy atom. The second-order valence-corrected chi connectivity index (χ2v) is 9.97. The number of carboxylic acids is 1. The molecule has 11 nitrogen and oxygen atoms in total. The number of alkyl carbamates (subject to hydrolysis) is 1. The van der Waals surface area contributed by atoms with Crippen LogP contribution in [0.2, 0.25) is 0 Å². The lowest BCUT2D eigenvalue weighted by atomic mass is 9.98. The number of hydrogen-bond donors (Lipinski definition) is 3. The fraction of sp³-hybridized carbons (Fsp3) is 0.258. The normalized spacial score (nSPS) is 13.5. The van der Waals surface area contributed by atoms with Crippen LogP contribution in [-0.4, -0.2) is 56.8 Å². The maximum atomic E-state index is 12.6. The summed E-state index contributed by atoms with van der Waals surface area (Å²) in [6.07, 6.45) is 0.117. The lowest BCUT2D eigenvalue weighted by Gasteiger charge is -2.22. The number of carbonyl (C=O) groups excluding carboxylic acids is 2. The van der Waals surface area contributed by atoms with Crippen LogP contribution >= 0.6 is 0 Å². The van der Waals surface area contributed by atoms with Gasteiger partial charge in [0.15, 0.2) is 6.04 Å². The van der Waals surface area contributed by atoms with E-state index in [0.29, 0.717) is 5.69 Å². The molecule has 3 N–H and O–H groups in total. The second kappa shape index (κ2) is 13.1. The fourth-order valence-electron chi connectivity index (χ4n) is 4.95. The van der Waals surface area contributed by atoms with E-state index in [-0.39, 0.29) is 32.2 Å². The summed E-state index contributed by atoms with van der Waals surface area (Å²) in [6.45, 7) is 1.77. The second-order valence-electron chi connectivity index (χ2n) is 9.97. The van der Waals surface area contributed by atoms with Gasteiger partial charge in [-0.3, -0.25) is 4.79 Å². The van der Waals surface area contributed by atoms with Gasteiger partial charge in [-0.25, -0.2) is 14.3 Å². The van der Waals surface area contributed by atoms with E-state index < -0.39 is 30.1 Å². The molecule has 1 heterocycles. The Balaban J connectivity index is 1.08. The quantitative estimate of drug-likeness (QED) is 0.235. The van der Waals surface area contributed by atoms with Gasteiger partial charge in [0, 0.05) is 5.92 Å². The minimum atomic E-state index is -1.25. The van der Waals surface area contributed by atoms with Crippen LogP contribution in [-0.2, 0) is 38.8 Å². The molecule has 2 amide bonds. The molecule has 0 fully saturated rings. The average molecular weight is 570 g/mol. The Morgan fingerprint density at radius 3 is 2.26 bits per heavy atom. The van der Waals surface area contributed by atoms with E-state index in [1.54, 1.807) is 6.92 Å². The number of rotatable bonds is 12. The first-order chi connectivity index (χ1) is 20.4. The van der Waals surface area contributed by atoms with Crippen molar-refractivity contribution in [2.24, 2.45) is 0 Å². The molecule has 0 spiro atoms. The van der Waals surface area contributed by atoms with Crippen LogP contribution in [0.15, 0.2) is 85.1 Å². The van der Waals surface area contributed by atoms with Gasteiger partial charge in [0.1, 0.15) is 18.8 Å². The summed E-state index contributed by atoms with van der Waals surface area (Å²) in [5.41, 5.74) is 5.83. The molecule has 0 saturated carbocycles. The van der Waals surface area contributed by atoms with Crippen molar-refractivity contribution in [2.45, 2.75) is 44.7 Å². The SMILES string of the molecule is CC(OCc1ccccc1)C(NC(=O)Cn1cc(CNC(=O)OCC2c3ccccc3-c3ccccc32)nn1)C(=O)O. The highest BCUT2D eigenvalue weighted by Crippen LogP contribution is 2.44. The van der Waals surface area contributed by atoms with Gasteiger partial charge < -0.3 is 25.2 Å². The number of nitrogens with zero attached hydrogens (tertiary/aromatic N) is 3. The summed E-state index contributed by atoms with van der Waals surface area (Å²) in [4.78, 5) is 36.8. The van der Waals surface area contributed by atoms with Crippen molar-refractivity contribution in [3.8, 4) is 11.1 Å². The molecule has 4 aromatic rings. The van der Waals surface area contributed by atoms with Crippen LogP contribution in [0, 0.1) is 0 Å². The summed E-state index contributed by atoms with van der Waals surface area (Å²) in [5, 5.41) is 22.6. The predicted octanol–water partition coefficient (Wildman–Crippen LogP) is 3.49. The van der Waals surface area contributed by atoms with Gasteiger partial charge in [0.2, 0.25) is 5.91 Å². The number of hydrogen-bond acceptors (Lipinski definition) is 7. The third kappa shape index (κ3) is 6.81. The molecule has 0 radical (unpaired) electrons. The summed E-state index contributed by atoms with van der Waals surface area (Å²) >= 11 is 0. The molecule has 2 unspecified atom stereocenters. The number of fused-ring (bicyclic) bond motifs is 3. The van der Waals surface area contributed by atoms with E-state index in [2.05, 4.69) is 33.1 Å². The molecule has 3 aromatic carbocycles. The zero-order chi connectivity index (χ0) is 29.5. The lowest BCUT2D eigenvalue weighted by molar-refractivity contribution is -0.146. The first-order valence-electron chi connectivity index (χ1n) is 13.5. The van der Waals surface area contributed by atoms with Gasteiger partial charge in [0.25, 0.3) is 0 Å². The zero-order valence-electron chi connectivity index (χ0n) is 23.0. The molecule has 0 saturated heterocycles. The number of nitrogens with one attached hydrogen (secondary N) is 2. The molecule has 216 valence electrons. The van der Waals surface area contributed by atoms with Crippen LogP contribution in [0.1, 0.15) is 35.2 Å².